The number of benzene rings is 1. The standard InChI is InChI=1S/C18H26N2O/c1-14(2)15-4-6-16(7-5-15)17(21)20-12-18(13-20)8-10-19(3)11-9-18/h4-7,14H,8-13H2,1-3H3. The van der Waals surface area contributed by atoms with E-state index in [0.29, 0.717) is 11.3 Å². The van der Waals surface area contributed by atoms with Crippen LogP contribution < -0.4 is 0 Å². The van der Waals surface area contributed by atoms with Gasteiger partial charge in [-0.25, -0.2) is 0 Å². The minimum absolute atomic E-state index is 0.204. The largest absolute Gasteiger partial charge is 0.337 e. The number of carbonyl (C=O) groups excluding carboxylic acids is 1. The maximum atomic E-state index is 12.5. The average molecular weight is 286 g/mol. The van der Waals surface area contributed by atoms with Crippen molar-refractivity contribution in [1.29, 1.82) is 0 Å². The molecule has 0 N–H and O–H groups in total. The normalized spacial score (nSPS) is 21.6. The van der Waals surface area contributed by atoms with Gasteiger partial charge in [-0.2, -0.15) is 0 Å². The number of hydrogen-bond donors (Lipinski definition) is 0. The second-order valence-corrected chi connectivity index (χ2v) is 7.24. The number of amides is 1. The molecule has 3 nitrogen and oxygen atoms in total. The summed E-state index contributed by atoms with van der Waals surface area (Å²) in [7, 11) is 2.19. The van der Waals surface area contributed by atoms with Crippen LogP contribution in [-0.4, -0.2) is 48.9 Å². The molecule has 0 aromatic heterocycles. The summed E-state index contributed by atoms with van der Waals surface area (Å²) in [5, 5.41) is 0. The van der Waals surface area contributed by atoms with Gasteiger partial charge in [-0.1, -0.05) is 26.0 Å². The molecular weight excluding hydrogens is 260 g/mol. The highest BCUT2D eigenvalue weighted by atomic mass is 16.2. The molecule has 1 spiro atoms. The van der Waals surface area contributed by atoms with Gasteiger partial charge in [0, 0.05) is 24.1 Å². The molecule has 2 fully saturated rings. The third-order valence-corrected chi connectivity index (χ3v) is 5.21. The van der Waals surface area contributed by atoms with Gasteiger partial charge in [0.15, 0.2) is 0 Å². The maximum Gasteiger partial charge on any atom is 0.253 e. The van der Waals surface area contributed by atoms with Gasteiger partial charge in [-0.05, 0) is 56.6 Å². The number of hydrogen-bond acceptors (Lipinski definition) is 2. The summed E-state index contributed by atoms with van der Waals surface area (Å²) in [6, 6.07) is 8.14. The zero-order valence-corrected chi connectivity index (χ0v) is 13.4. The van der Waals surface area contributed by atoms with Crippen molar-refractivity contribution in [3.05, 3.63) is 35.4 Å². The SMILES string of the molecule is CC(C)c1ccc(C(=O)N2CC3(CCN(C)CC3)C2)cc1. The summed E-state index contributed by atoms with van der Waals surface area (Å²) < 4.78 is 0. The molecule has 0 radical (unpaired) electrons. The van der Waals surface area contributed by atoms with E-state index in [4.69, 9.17) is 0 Å². The van der Waals surface area contributed by atoms with Gasteiger partial charge in [0.1, 0.15) is 0 Å². The molecule has 1 aromatic carbocycles. The summed E-state index contributed by atoms with van der Waals surface area (Å²) in [6.07, 6.45) is 2.47. The van der Waals surface area contributed by atoms with Crippen LogP contribution in [-0.2, 0) is 0 Å². The molecule has 0 bridgehead atoms. The molecule has 21 heavy (non-hydrogen) atoms. The fraction of sp³-hybridized carbons (Fsp3) is 0.611. The second kappa shape index (κ2) is 5.45. The van der Waals surface area contributed by atoms with Gasteiger partial charge in [-0.3, -0.25) is 4.79 Å². The first-order valence-electron chi connectivity index (χ1n) is 8.07. The molecule has 0 aliphatic carbocycles. The quantitative estimate of drug-likeness (QED) is 0.834. The van der Waals surface area contributed by atoms with Crippen LogP contribution in [0.3, 0.4) is 0 Å². The fourth-order valence-electron chi connectivity index (χ4n) is 3.51. The van der Waals surface area contributed by atoms with Crippen LogP contribution in [0.2, 0.25) is 0 Å². The van der Waals surface area contributed by atoms with Gasteiger partial charge in [0.05, 0.1) is 0 Å². The van der Waals surface area contributed by atoms with Gasteiger partial charge < -0.3 is 9.80 Å². The molecule has 0 unspecified atom stereocenters. The summed E-state index contributed by atoms with van der Waals surface area (Å²) >= 11 is 0. The van der Waals surface area contributed by atoms with Crippen LogP contribution in [0.1, 0.15) is 48.5 Å². The van der Waals surface area contributed by atoms with E-state index in [-0.39, 0.29) is 5.91 Å². The van der Waals surface area contributed by atoms with E-state index < -0.39 is 0 Å². The van der Waals surface area contributed by atoms with Crippen molar-refractivity contribution in [2.45, 2.75) is 32.6 Å². The molecule has 2 aliphatic rings. The molecule has 3 rings (SSSR count). The first kappa shape index (κ1) is 14.6. The Morgan fingerprint density at radius 2 is 1.67 bits per heavy atom. The van der Waals surface area contributed by atoms with E-state index in [1.165, 1.54) is 31.5 Å². The first-order chi connectivity index (χ1) is 9.99. The van der Waals surface area contributed by atoms with Crippen LogP contribution in [0.5, 0.6) is 0 Å². The highest BCUT2D eigenvalue weighted by molar-refractivity contribution is 5.94. The highest BCUT2D eigenvalue weighted by Gasteiger charge is 2.46. The Labute approximate surface area is 127 Å². The summed E-state index contributed by atoms with van der Waals surface area (Å²) in [5.41, 5.74) is 2.55. The molecule has 2 saturated heterocycles. The maximum absolute atomic E-state index is 12.5. The fourth-order valence-corrected chi connectivity index (χ4v) is 3.51. The zero-order valence-electron chi connectivity index (χ0n) is 13.4. The summed E-state index contributed by atoms with van der Waals surface area (Å²) in [5.74, 6) is 0.718. The van der Waals surface area contributed by atoms with E-state index >= 15 is 0 Å². The summed E-state index contributed by atoms with van der Waals surface area (Å²) in [4.78, 5) is 16.9. The van der Waals surface area contributed by atoms with Crippen molar-refractivity contribution in [2.75, 3.05) is 33.2 Å². The lowest BCUT2D eigenvalue weighted by Gasteiger charge is -2.53. The van der Waals surface area contributed by atoms with Crippen molar-refractivity contribution < 1.29 is 4.79 Å². The minimum atomic E-state index is 0.204. The van der Waals surface area contributed by atoms with Crippen molar-refractivity contribution in [3.8, 4) is 0 Å². The Kier molecular flexibility index (Phi) is 3.78. The summed E-state index contributed by atoms with van der Waals surface area (Å²) in [6.45, 7) is 8.60. The lowest BCUT2D eigenvalue weighted by Crippen LogP contribution is -2.61. The smallest absolute Gasteiger partial charge is 0.253 e. The molecule has 2 aliphatic heterocycles. The lowest BCUT2D eigenvalue weighted by atomic mass is 9.72. The highest BCUT2D eigenvalue weighted by Crippen LogP contribution is 2.40. The predicted octanol–water partition coefficient (Wildman–Crippen LogP) is 2.98. The second-order valence-electron chi connectivity index (χ2n) is 7.24. The third kappa shape index (κ3) is 2.84. The topological polar surface area (TPSA) is 23.6 Å². The van der Waals surface area contributed by atoms with Gasteiger partial charge in [-0.15, -0.1) is 0 Å². The van der Waals surface area contributed by atoms with Gasteiger partial charge in [0.2, 0.25) is 0 Å². The lowest BCUT2D eigenvalue weighted by molar-refractivity contribution is -0.0283. The Bertz CT molecular complexity index is 505. The molecule has 3 heteroatoms. The van der Waals surface area contributed by atoms with E-state index in [1.54, 1.807) is 0 Å². The van der Waals surface area contributed by atoms with Crippen molar-refractivity contribution in [2.24, 2.45) is 5.41 Å². The van der Waals surface area contributed by atoms with Crippen LogP contribution in [0.4, 0.5) is 0 Å². The molecule has 1 aromatic rings. The third-order valence-electron chi connectivity index (χ3n) is 5.21. The number of nitrogens with zero attached hydrogens (tertiary/aromatic N) is 2. The molecule has 1 amide bonds. The minimum Gasteiger partial charge on any atom is -0.337 e. The average Bonchev–Trinajstić information content (AvgIpc) is 2.45. The molecule has 0 saturated carbocycles. The Balaban J connectivity index is 1.60. The van der Waals surface area contributed by atoms with Crippen LogP contribution in [0.15, 0.2) is 24.3 Å². The zero-order chi connectivity index (χ0) is 15.0. The molecule has 0 atom stereocenters. The Morgan fingerprint density at radius 3 is 2.19 bits per heavy atom. The predicted molar refractivity (Wildman–Crippen MR) is 85.6 cm³/mol. The van der Waals surface area contributed by atoms with Crippen LogP contribution in [0, 0.1) is 5.41 Å². The van der Waals surface area contributed by atoms with E-state index in [1.807, 2.05) is 17.0 Å². The van der Waals surface area contributed by atoms with Gasteiger partial charge in [0.25, 0.3) is 5.91 Å². The van der Waals surface area contributed by atoms with Crippen molar-refractivity contribution in [3.63, 3.8) is 0 Å². The van der Waals surface area contributed by atoms with Crippen molar-refractivity contribution >= 4 is 5.91 Å². The van der Waals surface area contributed by atoms with Gasteiger partial charge >= 0.3 is 0 Å². The van der Waals surface area contributed by atoms with Crippen LogP contribution in [0.25, 0.3) is 0 Å². The molecule has 2 heterocycles. The first-order valence-corrected chi connectivity index (χ1v) is 8.07. The number of likely N-dealkylation sites (tertiary alicyclic amines) is 2. The van der Waals surface area contributed by atoms with Crippen LogP contribution >= 0.6 is 0 Å². The van der Waals surface area contributed by atoms with Crippen molar-refractivity contribution in [1.82, 2.24) is 9.80 Å². The number of carbonyl (C=O) groups is 1. The Hall–Kier alpha value is -1.35. The van der Waals surface area contributed by atoms with E-state index in [9.17, 15) is 4.79 Å². The molecule has 114 valence electrons. The molecular formula is C18H26N2O. The number of piperidine rings is 1. The monoisotopic (exact) mass is 286 g/mol. The van der Waals surface area contributed by atoms with E-state index in [2.05, 4.69) is 37.9 Å². The number of rotatable bonds is 2. The van der Waals surface area contributed by atoms with E-state index in [0.717, 1.165) is 18.7 Å². The Morgan fingerprint density at radius 1 is 1.10 bits per heavy atom.